The monoisotopic (exact) mass is 313 g/mol. The van der Waals surface area contributed by atoms with Crippen LogP contribution in [-0.4, -0.2) is 38.4 Å². The Hall–Kier alpha value is -0.950. The summed E-state index contributed by atoms with van der Waals surface area (Å²) in [6.45, 7) is 8.47. The van der Waals surface area contributed by atoms with Crippen molar-refractivity contribution in [3.8, 4) is 0 Å². The SMILES string of the molecule is CCO[C@H]1OC[C@H](C(C)C)N1S(=O)(=O)c1ccc(C)cc1. The summed E-state index contributed by atoms with van der Waals surface area (Å²) >= 11 is 0. The smallest absolute Gasteiger partial charge is 0.247 e. The zero-order valence-electron chi connectivity index (χ0n) is 12.9. The predicted octanol–water partition coefficient (Wildman–Crippen LogP) is 2.36. The summed E-state index contributed by atoms with van der Waals surface area (Å²) in [4.78, 5) is 0.272. The summed E-state index contributed by atoms with van der Waals surface area (Å²) in [5, 5.41) is 0. The molecule has 0 radical (unpaired) electrons. The third-order valence-corrected chi connectivity index (χ3v) is 5.49. The lowest BCUT2D eigenvalue weighted by Crippen LogP contribution is -2.45. The van der Waals surface area contributed by atoms with E-state index in [2.05, 4.69) is 0 Å². The third-order valence-electron chi connectivity index (χ3n) is 3.62. The molecule has 0 spiro atoms. The van der Waals surface area contributed by atoms with Crippen LogP contribution in [0, 0.1) is 12.8 Å². The quantitative estimate of drug-likeness (QED) is 0.837. The van der Waals surface area contributed by atoms with Crippen molar-refractivity contribution in [2.75, 3.05) is 13.2 Å². The van der Waals surface area contributed by atoms with Gasteiger partial charge >= 0.3 is 0 Å². The van der Waals surface area contributed by atoms with Crippen LogP contribution in [0.1, 0.15) is 26.3 Å². The second-order valence-electron chi connectivity index (χ2n) is 5.56. The molecule has 1 aromatic rings. The van der Waals surface area contributed by atoms with Crippen molar-refractivity contribution in [2.45, 2.75) is 45.0 Å². The fraction of sp³-hybridized carbons (Fsp3) is 0.600. The minimum atomic E-state index is -3.64. The molecule has 0 bridgehead atoms. The van der Waals surface area contributed by atoms with Crippen LogP contribution in [0.25, 0.3) is 0 Å². The van der Waals surface area contributed by atoms with E-state index >= 15 is 0 Å². The van der Waals surface area contributed by atoms with Gasteiger partial charge in [-0.15, -0.1) is 4.31 Å². The van der Waals surface area contributed by atoms with E-state index < -0.39 is 16.4 Å². The van der Waals surface area contributed by atoms with Crippen LogP contribution in [0.5, 0.6) is 0 Å². The molecule has 1 aliphatic heterocycles. The molecule has 6 heteroatoms. The molecule has 0 N–H and O–H groups in total. The van der Waals surface area contributed by atoms with Crippen LogP contribution in [0.15, 0.2) is 29.2 Å². The maximum Gasteiger partial charge on any atom is 0.247 e. The lowest BCUT2D eigenvalue weighted by atomic mass is 10.1. The molecule has 118 valence electrons. The van der Waals surface area contributed by atoms with Gasteiger partial charge in [-0.25, -0.2) is 8.42 Å². The number of sulfonamides is 1. The molecule has 0 aromatic heterocycles. The summed E-state index contributed by atoms with van der Waals surface area (Å²) < 4.78 is 38.2. The lowest BCUT2D eigenvalue weighted by Gasteiger charge is -2.28. The van der Waals surface area contributed by atoms with E-state index in [-0.39, 0.29) is 16.9 Å². The van der Waals surface area contributed by atoms with Crippen molar-refractivity contribution >= 4 is 10.0 Å². The van der Waals surface area contributed by atoms with Gasteiger partial charge in [0, 0.05) is 6.61 Å². The highest BCUT2D eigenvalue weighted by Crippen LogP contribution is 2.30. The fourth-order valence-corrected chi connectivity index (χ4v) is 4.09. The van der Waals surface area contributed by atoms with Gasteiger partial charge in [-0.2, -0.15) is 0 Å². The van der Waals surface area contributed by atoms with Gasteiger partial charge in [0.25, 0.3) is 0 Å². The van der Waals surface area contributed by atoms with Crippen molar-refractivity contribution in [1.29, 1.82) is 0 Å². The maximum absolute atomic E-state index is 12.9. The van der Waals surface area contributed by atoms with Crippen molar-refractivity contribution in [2.24, 2.45) is 5.92 Å². The van der Waals surface area contributed by atoms with Crippen LogP contribution in [0.3, 0.4) is 0 Å². The molecule has 1 fully saturated rings. The summed E-state index contributed by atoms with van der Waals surface area (Å²) in [5.74, 6) is 0.149. The largest absolute Gasteiger partial charge is 0.339 e. The molecule has 1 heterocycles. The molecule has 2 rings (SSSR count). The molecular weight excluding hydrogens is 290 g/mol. The van der Waals surface area contributed by atoms with Gasteiger partial charge < -0.3 is 9.47 Å². The lowest BCUT2D eigenvalue weighted by molar-refractivity contribution is -0.149. The van der Waals surface area contributed by atoms with Crippen molar-refractivity contribution in [3.05, 3.63) is 29.8 Å². The Balaban J connectivity index is 2.39. The Morgan fingerprint density at radius 2 is 1.95 bits per heavy atom. The normalized spacial score (nSPS) is 23.9. The fourth-order valence-electron chi connectivity index (χ4n) is 2.36. The number of nitrogens with zero attached hydrogens (tertiary/aromatic N) is 1. The van der Waals surface area contributed by atoms with Crippen LogP contribution in [-0.2, 0) is 19.5 Å². The van der Waals surface area contributed by atoms with Gasteiger partial charge in [0.15, 0.2) is 0 Å². The zero-order chi connectivity index (χ0) is 15.6. The zero-order valence-corrected chi connectivity index (χ0v) is 13.8. The van der Waals surface area contributed by atoms with Crippen LogP contribution < -0.4 is 0 Å². The Morgan fingerprint density at radius 3 is 2.48 bits per heavy atom. The summed E-state index contributed by atoms with van der Waals surface area (Å²) in [7, 11) is -3.64. The van der Waals surface area contributed by atoms with Crippen LogP contribution in [0.2, 0.25) is 0 Å². The molecule has 2 atom stereocenters. The average Bonchev–Trinajstić information content (AvgIpc) is 2.84. The highest BCUT2D eigenvalue weighted by atomic mass is 32.2. The third kappa shape index (κ3) is 3.29. The topological polar surface area (TPSA) is 55.8 Å². The first-order valence-electron chi connectivity index (χ1n) is 7.21. The minimum absolute atomic E-state index is 0.149. The Kier molecular flexibility index (Phi) is 5.03. The summed E-state index contributed by atoms with van der Waals surface area (Å²) in [6.07, 6.45) is -0.839. The highest BCUT2D eigenvalue weighted by Gasteiger charge is 2.45. The second-order valence-corrected chi connectivity index (χ2v) is 7.40. The predicted molar refractivity (Wildman–Crippen MR) is 80.2 cm³/mol. The second kappa shape index (κ2) is 6.44. The van der Waals surface area contributed by atoms with Gasteiger partial charge in [-0.1, -0.05) is 31.5 Å². The van der Waals surface area contributed by atoms with Gasteiger partial charge in [-0.3, -0.25) is 0 Å². The molecule has 1 saturated heterocycles. The van der Waals surface area contributed by atoms with E-state index in [0.717, 1.165) is 5.56 Å². The summed E-state index contributed by atoms with van der Waals surface area (Å²) in [6, 6.07) is 6.63. The highest BCUT2D eigenvalue weighted by molar-refractivity contribution is 7.89. The molecule has 21 heavy (non-hydrogen) atoms. The number of ether oxygens (including phenoxy) is 2. The Labute approximate surface area is 126 Å². The Bertz CT molecular complexity index is 568. The minimum Gasteiger partial charge on any atom is -0.339 e. The number of hydrogen-bond acceptors (Lipinski definition) is 4. The van der Waals surface area contributed by atoms with E-state index in [9.17, 15) is 8.42 Å². The van der Waals surface area contributed by atoms with E-state index in [4.69, 9.17) is 9.47 Å². The van der Waals surface area contributed by atoms with E-state index in [1.54, 1.807) is 24.3 Å². The number of aryl methyl sites for hydroxylation is 1. The number of hydrogen-bond donors (Lipinski definition) is 0. The number of rotatable bonds is 5. The molecule has 0 aliphatic carbocycles. The standard InChI is InChI=1S/C15H23NO4S/c1-5-19-15-16(14(10-20-15)11(2)3)21(17,18)13-8-6-12(4)7-9-13/h6-9,11,14-15H,5,10H2,1-4H3/t14-,15+/m1/s1. The van der Waals surface area contributed by atoms with Gasteiger partial charge in [0.1, 0.15) is 0 Å². The van der Waals surface area contributed by atoms with E-state index in [0.29, 0.717) is 13.2 Å². The Morgan fingerprint density at radius 1 is 1.33 bits per heavy atom. The number of benzene rings is 1. The van der Waals surface area contributed by atoms with Gasteiger partial charge in [0.2, 0.25) is 16.4 Å². The molecule has 0 saturated carbocycles. The van der Waals surface area contributed by atoms with Crippen LogP contribution in [0.4, 0.5) is 0 Å². The molecule has 1 aromatic carbocycles. The maximum atomic E-state index is 12.9. The van der Waals surface area contributed by atoms with Crippen molar-refractivity contribution in [1.82, 2.24) is 4.31 Å². The average molecular weight is 313 g/mol. The van der Waals surface area contributed by atoms with Crippen molar-refractivity contribution < 1.29 is 17.9 Å². The van der Waals surface area contributed by atoms with Gasteiger partial charge in [0.05, 0.1) is 17.5 Å². The molecule has 5 nitrogen and oxygen atoms in total. The molecule has 0 unspecified atom stereocenters. The van der Waals surface area contributed by atoms with Crippen LogP contribution >= 0.6 is 0 Å². The first-order valence-corrected chi connectivity index (χ1v) is 8.65. The van der Waals surface area contributed by atoms with Gasteiger partial charge in [-0.05, 0) is 31.9 Å². The molecule has 0 amide bonds. The summed E-state index contributed by atoms with van der Waals surface area (Å²) in [5.41, 5.74) is 1.02. The van der Waals surface area contributed by atoms with E-state index in [1.807, 2.05) is 27.7 Å². The van der Waals surface area contributed by atoms with Crippen molar-refractivity contribution in [3.63, 3.8) is 0 Å². The first kappa shape index (κ1) is 16.4. The molecular formula is C15H23NO4S. The van der Waals surface area contributed by atoms with E-state index in [1.165, 1.54) is 4.31 Å². The first-order chi connectivity index (χ1) is 9.87. The molecule has 1 aliphatic rings.